The molecule has 7 heteroatoms. The molecule has 0 aromatic heterocycles. The number of hydrogen-bond donors (Lipinski definition) is 1. The fourth-order valence-corrected chi connectivity index (χ4v) is 1.77. The number of nitrogens with one attached hydrogen (secondary N) is 1. The maximum atomic E-state index is 11.4. The maximum Gasteiger partial charge on any atom is 0.333 e. The van der Waals surface area contributed by atoms with Gasteiger partial charge in [-0.25, -0.2) is 4.79 Å². The SMILES string of the molecule is C=C(C)C(=O)OCCOC(=O)CCC(=O)NCCP(C)C. The number of carbonyl (C=O) groups excluding carboxylic acids is 3. The number of ether oxygens (including phenoxy) is 2. The summed E-state index contributed by atoms with van der Waals surface area (Å²) >= 11 is 0. The monoisotopic (exact) mass is 317 g/mol. The summed E-state index contributed by atoms with van der Waals surface area (Å²) in [5.74, 6) is -1.15. The maximum absolute atomic E-state index is 11.4. The summed E-state index contributed by atoms with van der Waals surface area (Å²) in [6, 6.07) is 0. The van der Waals surface area contributed by atoms with Crippen LogP contribution in [-0.2, 0) is 23.9 Å². The van der Waals surface area contributed by atoms with E-state index in [1.807, 2.05) is 0 Å². The van der Waals surface area contributed by atoms with Gasteiger partial charge in [0.15, 0.2) is 0 Å². The van der Waals surface area contributed by atoms with Crippen molar-refractivity contribution in [1.29, 1.82) is 0 Å². The molecule has 0 aliphatic heterocycles. The minimum absolute atomic E-state index is 0.0137. The van der Waals surface area contributed by atoms with Crippen molar-refractivity contribution in [3.63, 3.8) is 0 Å². The molecule has 0 saturated carbocycles. The average Bonchev–Trinajstić information content (AvgIpc) is 2.40. The second kappa shape index (κ2) is 11.3. The lowest BCUT2D eigenvalue weighted by Crippen LogP contribution is -2.26. The Morgan fingerprint density at radius 2 is 1.71 bits per heavy atom. The zero-order valence-electron chi connectivity index (χ0n) is 12.9. The molecule has 0 aliphatic carbocycles. The van der Waals surface area contributed by atoms with Gasteiger partial charge in [-0.3, -0.25) is 9.59 Å². The number of esters is 2. The van der Waals surface area contributed by atoms with Crippen molar-refractivity contribution in [2.24, 2.45) is 0 Å². The van der Waals surface area contributed by atoms with Gasteiger partial charge >= 0.3 is 11.9 Å². The molecule has 0 saturated heterocycles. The highest BCUT2D eigenvalue weighted by atomic mass is 31.1. The van der Waals surface area contributed by atoms with Crippen LogP contribution < -0.4 is 5.32 Å². The third-order valence-electron chi connectivity index (χ3n) is 2.37. The van der Waals surface area contributed by atoms with Gasteiger partial charge in [-0.15, -0.1) is 7.92 Å². The second-order valence-corrected chi connectivity index (χ2v) is 7.40. The molecular formula is C14H24NO5P. The summed E-state index contributed by atoms with van der Waals surface area (Å²) in [5, 5.41) is 2.75. The average molecular weight is 317 g/mol. The van der Waals surface area contributed by atoms with Crippen molar-refractivity contribution in [2.75, 3.05) is 39.3 Å². The number of hydrogen-bond acceptors (Lipinski definition) is 5. The van der Waals surface area contributed by atoms with Crippen LogP contribution in [0.15, 0.2) is 12.2 Å². The highest BCUT2D eigenvalue weighted by Crippen LogP contribution is 2.22. The van der Waals surface area contributed by atoms with E-state index >= 15 is 0 Å². The van der Waals surface area contributed by atoms with E-state index < -0.39 is 11.9 Å². The molecule has 1 N–H and O–H groups in total. The first kappa shape index (κ1) is 19.6. The predicted octanol–water partition coefficient (Wildman–Crippen LogP) is 1.29. The Labute approximate surface area is 127 Å². The summed E-state index contributed by atoms with van der Waals surface area (Å²) in [6.45, 7) is 9.85. The first-order chi connectivity index (χ1) is 9.82. The fraction of sp³-hybridized carbons (Fsp3) is 0.643. The summed E-state index contributed by atoms with van der Waals surface area (Å²) in [6.07, 6.45) is 1.10. The van der Waals surface area contributed by atoms with Gasteiger partial charge in [0.1, 0.15) is 13.2 Å². The quantitative estimate of drug-likeness (QED) is 0.284. The highest BCUT2D eigenvalue weighted by Gasteiger charge is 2.09. The molecule has 0 fully saturated rings. The molecule has 0 radical (unpaired) electrons. The molecule has 0 spiro atoms. The predicted molar refractivity (Wildman–Crippen MR) is 82.6 cm³/mol. The van der Waals surface area contributed by atoms with Gasteiger partial charge in [0, 0.05) is 18.5 Å². The Balaban J connectivity index is 3.60. The Bertz CT molecular complexity index is 382. The molecule has 0 bridgehead atoms. The van der Waals surface area contributed by atoms with Crippen molar-refractivity contribution in [3.8, 4) is 0 Å². The summed E-state index contributed by atoms with van der Waals surface area (Å²) in [7, 11) is -0.0271. The van der Waals surface area contributed by atoms with Crippen LogP contribution in [-0.4, -0.2) is 57.1 Å². The van der Waals surface area contributed by atoms with Crippen LogP contribution in [0.1, 0.15) is 19.8 Å². The van der Waals surface area contributed by atoms with E-state index in [2.05, 4.69) is 25.2 Å². The van der Waals surface area contributed by atoms with E-state index in [1.165, 1.54) is 6.92 Å². The third-order valence-corrected chi connectivity index (χ3v) is 3.48. The molecule has 120 valence electrons. The van der Waals surface area contributed by atoms with Crippen molar-refractivity contribution >= 4 is 25.8 Å². The Kier molecular flexibility index (Phi) is 10.5. The second-order valence-electron chi connectivity index (χ2n) is 4.79. The molecule has 0 rings (SSSR count). The fourth-order valence-electron chi connectivity index (χ4n) is 1.21. The van der Waals surface area contributed by atoms with Crippen LogP contribution in [0.25, 0.3) is 0 Å². The van der Waals surface area contributed by atoms with Gasteiger partial charge in [0.2, 0.25) is 5.91 Å². The largest absolute Gasteiger partial charge is 0.462 e. The van der Waals surface area contributed by atoms with Crippen LogP contribution in [0.2, 0.25) is 0 Å². The van der Waals surface area contributed by atoms with E-state index in [0.717, 1.165) is 6.16 Å². The molecule has 0 aromatic carbocycles. The standard InChI is InChI=1S/C14H24NO5P/c1-11(2)14(18)20-9-8-19-13(17)6-5-12(16)15-7-10-21(3)4/h1,5-10H2,2-4H3,(H,15,16). The lowest BCUT2D eigenvalue weighted by molar-refractivity contribution is -0.150. The molecule has 0 unspecified atom stereocenters. The molecule has 21 heavy (non-hydrogen) atoms. The van der Waals surface area contributed by atoms with E-state index in [1.54, 1.807) is 0 Å². The van der Waals surface area contributed by atoms with Crippen LogP contribution in [0.4, 0.5) is 0 Å². The van der Waals surface area contributed by atoms with Gasteiger partial charge in [0.25, 0.3) is 0 Å². The van der Waals surface area contributed by atoms with Crippen LogP contribution >= 0.6 is 7.92 Å². The number of rotatable bonds is 10. The van der Waals surface area contributed by atoms with Gasteiger partial charge < -0.3 is 14.8 Å². The van der Waals surface area contributed by atoms with Crippen molar-refractivity contribution in [3.05, 3.63) is 12.2 Å². The first-order valence-corrected chi connectivity index (χ1v) is 9.14. The van der Waals surface area contributed by atoms with Crippen LogP contribution in [0.3, 0.4) is 0 Å². The number of carbonyl (C=O) groups is 3. The van der Waals surface area contributed by atoms with Crippen molar-refractivity contribution < 1.29 is 23.9 Å². The van der Waals surface area contributed by atoms with Gasteiger partial charge in [0.05, 0.1) is 6.42 Å². The minimum Gasteiger partial charge on any atom is -0.462 e. The molecular weight excluding hydrogens is 293 g/mol. The van der Waals surface area contributed by atoms with E-state index in [-0.39, 0.29) is 39.9 Å². The van der Waals surface area contributed by atoms with Gasteiger partial charge in [-0.1, -0.05) is 6.58 Å². The Hall–Kier alpha value is -1.42. The first-order valence-electron chi connectivity index (χ1n) is 6.72. The highest BCUT2D eigenvalue weighted by molar-refractivity contribution is 7.56. The third kappa shape index (κ3) is 12.1. The summed E-state index contributed by atoms with van der Waals surface area (Å²) < 4.78 is 9.60. The van der Waals surface area contributed by atoms with E-state index in [4.69, 9.17) is 9.47 Å². The van der Waals surface area contributed by atoms with Crippen molar-refractivity contribution in [2.45, 2.75) is 19.8 Å². The van der Waals surface area contributed by atoms with Crippen LogP contribution in [0, 0.1) is 0 Å². The van der Waals surface area contributed by atoms with E-state index in [0.29, 0.717) is 12.1 Å². The number of amides is 1. The molecule has 0 atom stereocenters. The zero-order valence-corrected chi connectivity index (χ0v) is 13.8. The van der Waals surface area contributed by atoms with Crippen molar-refractivity contribution in [1.82, 2.24) is 5.32 Å². The summed E-state index contributed by atoms with van der Waals surface area (Å²) in [5.41, 5.74) is 0.292. The van der Waals surface area contributed by atoms with Gasteiger partial charge in [-0.2, -0.15) is 0 Å². The smallest absolute Gasteiger partial charge is 0.333 e. The Morgan fingerprint density at radius 1 is 1.10 bits per heavy atom. The lowest BCUT2D eigenvalue weighted by Gasteiger charge is -2.08. The zero-order chi connectivity index (χ0) is 16.3. The molecule has 0 aromatic rings. The van der Waals surface area contributed by atoms with E-state index in [9.17, 15) is 14.4 Å². The normalized spacial score (nSPS) is 10.1. The van der Waals surface area contributed by atoms with Gasteiger partial charge in [-0.05, 0) is 26.4 Å². The minimum atomic E-state index is -0.516. The molecule has 6 nitrogen and oxygen atoms in total. The molecule has 0 heterocycles. The Morgan fingerprint density at radius 3 is 2.29 bits per heavy atom. The topological polar surface area (TPSA) is 81.7 Å². The lowest BCUT2D eigenvalue weighted by atomic mass is 10.3. The molecule has 1 amide bonds. The molecule has 0 aliphatic rings. The van der Waals surface area contributed by atoms with Crippen LogP contribution in [0.5, 0.6) is 0 Å². The summed E-state index contributed by atoms with van der Waals surface area (Å²) in [4.78, 5) is 33.8.